The minimum Gasteiger partial charge on any atom is -0.237 e. The zero-order valence-electron chi connectivity index (χ0n) is 5.80. The molecule has 1 saturated carbocycles. The lowest BCUT2D eigenvalue weighted by Crippen LogP contribution is -2.01. The Hall–Kier alpha value is 0.1000. The summed E-state index contributed by atoms with van der Waals surface area (Å²) in [6, 6.07) is 0. The number of hydrogen-bond donors (Lipinski definition) is 0. The lowest BCUT2D eigenvalue weighted by atomic mass is 10.4. The summed E-state index contributed by atoms with van der Waals surface area (Å²) in [5, 5.41) is 7.85. The first-order valence-electron chi connectivity index (χ1n) is 3.52. The van der Waals surface area contributed by atoms with Crippen molar-refractivity contribution >= 4 is 31.9 Å². The molecule has 0 aliphatic heterocycles. The fourth-order valence-electron chi connectivity index (χ4n) is 0.942. The van der Waals surface area contributed by atoms with Crippen molar-refractivity contribution in [1.82, 2.24) is 15.0 Å². The molecule has 1 aliphatic rings. The third-order valence-corrected chi connectivity index (χ3v) is 3.62. The normalized spacial score (nSPS) is 17.3. The molecule has 0 N–H and O–H groups in total. The summed E-state index contributed by atoms with van der Waals surface area (Å²) in [6.07, 6.45) is 2.67. The van der Waals surface area contributed by atoms with E-state index < -0.39 is 0 Å². The van der Waals surface area contributed by atoms with Crippen molar-refractivity contribution < 1.29 is 0 Å². The van der Waals surface area contributed by atoms with Gasteiger partial charge in [0.25, 0.3) is 0 Å². The molecule has 1 heterocycles. The van der Waals surface area contributed by atoms with Gasteiger partial charge in [-0.25, -0.2) is 4.68 Å². The van der Waals surface area contributed by atoms with Gasteiger partial charge in [0.2, 0.25) is 0 Å². The van der Waals surface area contributed by atoms with E-state index in [9.17, 15) is 0 Å². The van der Waals surface area contributed by atoms with Crippen LogP contribution in [0.1, 0.15) is 12.8 Å². The molecule has 1 aromatic heterocycles. The van der Waals surface area contributed by atoms with E-state index in [1.807, 2.05) is 4.68 Å². The van der Waals surface area contributed by atoms with Gasteiger partial charge in [-0.2, -0.15) is 0 Å². The van der Waals surface area contributed by atoms with Crippen LogP contribution in [0.5, 0.6) is 0 Å². The van der Waals surface area contributed by atoms with Gasteiger partial charge in [0.05, 0.1) is 0 Å². The van der Waals surface area contributed by atoms with E-state index in [1.165, 1.54) is 12.8 Å². The average molecular weight is 281 g/mol. The Labute approximate surface area is 81.4 Å². The highest BCUT2D eigenvalue weighted by atomic mass is 79.9. The predicted octanol–water partition coefficient (Wildman–Crippen LogP) is 2.21. The lowest BCUT2D eigenvalue weighted by Gasteiger charge is -1.97. The average Bonchev–Trinajstić information content (AvgIpc) is 2.74. The molecule has 0 spiro atoms. The second-order valence-electron chi connectivity index (χ2n) is 2.80. The Morgan fingerprint density at radius 2 is 2.18 bits per heavy atom. The second-order valence-corrected chi connectivity index (χ2v) is 4.30. The first-order valence-corrected chi connectivity index (χ1v) is 5.10. The number of nitrogens with zero attached hydrogens (tertiary/aromatic N) is 3. The van der Waals surface area contributed by atoms with Crippen molar-refractivity contribution in [3.63, 3.8) is 0 Å². The first-order chi connectivity index (χ1) is 5.27. The van der Waals surface area contributed by atoms with E-state index in [4.69, 9.17) is 0 Å². The van der Waals surface area contributed by atoms with Crippen LogP contribution in [0.15, 0.2) is 9.21 Å². The Bertz CT molecular complexity index is 267. The van der Waals surface area contributed by atoms with Gasteiger partial charge in [-0.1, -0.05) is 5.21 Å². The summed E-state index contributed by atoms with van der Waals surface area (Å²) in [4.78, 5) is 0. The molecule has 0 atom stereocenters. The molecule has 0 aromatic carbocycles. The summed E-state index contributed by atoms with van der Waals surface area (Å²) >= 11 is 6.68. The van der Waals surface area contributed by atoms with Crippen LogP contribution in [0, 0.1) is 5.92 Å². The predicted molar refractivity (Wildman–Crippen MR) is 48.1 cm³/mol. The van der Waals surface area contributed by atoms with Crippen molar-refractivity contribution in [3.8, 4) is 0 Å². The molecular weight excluding hydrogens is 274 g/mol. The van der Waals surface area contributed by atoms with Crippen molar-refractivity contribution in [1.29, 1.82) is 0 Å². The van der Waals surface area contributed by atoms with Crippen molar-refractivity contribution in [2.24, 2.45) is 5.92 Å². The number of hydrogen-bond acceptors (Lipinski definition) is 2. The quantitative estimate of drug-likeness (QED) is 0.832. The highest BCUT2D eigenvalue weighted by Gasteiger charge is 2.23. The van der Waals surface area contributed by atoms with E-state index in [0.717, 1.165) is 21.7 Å². The van der Waals surface area contributed by atoms with E-state index >= 15 is 0 Å². The van der Waals surface area contributed by atoms with E-state index in [-0.39, 0.29) is 0 Å². The molecule has 0 bridgehead atoms. The molecule has 0 amide bonds. The Balaban J connectivity index is 2.15. The SMILES string of the molecule is Brc1nnn(CC2CC2)c1Br. The monoisotopic (exact) mass is 279 g/mol. The first kappa shape index (κ1) is 7.73. The molecule has 0 saturated heterocycles. The van der Waals surface area contributed by atoms with E-state index in [0.29, 0.717) is 0 Å². The number of halogens is 2. The summed E-state index contributed by atoms with van der Waals surface area (Å²) in [7, 11) is 0. The van der Waals surface area contributed by atoms with Crippen LogP contribution in [0.25, 0.3) is 0 Å². The Morgan fingerprint density at radius 1 is 1.45 bits per heavy atom. The molecule has 5 heteroatoms. The second kappa shape index (κ2) is 2.86. The van der Waals surface area contributed by atoms with Crippen LogP contribution in [0.3, 0.4) is 0 Å². The highest BCUT2D eigenvalue weighted by molar-refractivity contribution is 9.13. The summed E-state index contributed by atoms with van der Waals surface area (Å²) in [6.45, 7) is 0.999. The van der Waals surface area contributed by atoms with E-state index in [1.54, 1.807) is 0 Å². The van der Waals surface area contributed by atoms with Crippen LogP contribution >= 0.6 is 31.9 Å². The molecule has 1 aromatic rings. The molecule has 0 unspecified atom stereocenters. The molecule has 11 heavy (non-hydrogen) atoms. The highest BCUT2D eigenvalue weighted by Crippen LogP contribution is 2.32. The fraction of sp³-hybridized carbons (Fsp3) is 0.667. The number of aromatic nitrogens is 3. The standard InChI is InChI=1S/C6H7Br2N3/c7-5-6(8)11(10-9-5)3-4-1-2-4/h4H,1-3H2. The van der Waals surface area contributed by atoms with Gasteiger partial charge in [-0.3, -0.25) is 0 Å². The molecule has 1 fully saturated rings. The minimum absolute atomic E-state index is 0.790. The zero-order chi connectivity index (χ0) is 7.84. The van der Waals surface area contributed by atoms with Crippen LogP contribution in [0.2, 0.25) is 0 Å². The van der Waals surface area contributed by atoms with Gasteiger partial charge < -0.3 is 0 Å². The minimum atomic E-state index is 0.790. The molecule has 0 radical (unpaired) electrons. The molecular formula is C6H7Br2N3. The van der Waals surface area contributed by atoms with Crippen LogP contribution in [-0.4, -0.2) is 15.0 Å². The Morgan fingerprint density at radius 3 is 2.64 bits per heavy atom. The fourth-order valence-corrected chi connectivity index (χ4v) is 1.51. The maximum Gasteiger partial charge on any atom is 0.162 e. The maximum absolute atomic E-state index is 3.97. The lowest BCUT2D eigenvalue weighted by molar-refractivity contribution is 0.535. The number of rotatable bonds is 2. The van der Waals surface area contributed by atoms with Gasteiger partial charge in [0.15, 0.2) is 4.60 Å². The smallest absolute Gasteiger partial charge is 0.162 e. The molecule has 2 rings (SSSR count). The zero-order valence-corrected chi connectivity index (χ0v) is 8.97. The largest absolute Gasteiger partial charge is 0.237 e. The van der Waals surface area contributed by atoms with Gasteiger partial charge in [0.1, 0.15) is 4.60 Å². The topological polar surface area (TPSA) is 30.7 Å². The summed E-state index contributed by atoms with van der Waals surface area (Å²) in [5.74, 6) is 0.833. The van der Waals surface area contributed by atoms with E-state index in [2.05, 4.69) is 42.2 Å². The molecule has 1 aliphatic carbocycles. The van der Waals surface area contributed by atoms with Gasteiger partial charge in [0, 0.05) is 6.54 Å². The third kappa shape index (κ3) is 1.64. The molecule has 3 nitrogen and oxygen atoms in total. The van der Waals surface area contributed by atoms with Gasteiger partial charge in [-0.15, -0.1) is 5.10 Å². The summed E-state index contributed by atoms with van der Waals surface area (Å²) in [5.41, 5.74) is 0. The maximum atomic E-state index is 3.97. The van der Waals surface area contributed by atoms with Gasteiger partial charge >= 0.3 is 0 Å². The van der Waals surface area contributed by atoms with Crippen molar-refractivity contribution in [2.45, 2.75) is 19.4 Å². The van der Waals surface area contributed by atoms with Crippen LogP contribution in [0.4, 0.5) is 0 Å². The van der Waals surface area contributed by atoms with Crippen LogP contribution < -0.4 is 0 Å². The van der Waals surface area contributed by atoms with Crippen molar-refractivity contribution in [3.05, 3.63) is 9.21 Å². The third-order valence-electron chi connectivity index (χ3n) is 1.77. The van der Waals surface area contributed by atoms with Crippen molar-refractivity contribution in [2.75, 3.05) is 0 Å². The van der Waals surface area contributed by atoms with Crippen LogP contribution in [-0.2, 0) is 6.54 Å². The summed E-state index contributed by atoms with van der Waals surface area (Å²) < 4.78 is 3.63. The Kier molecular flexibility index (Phi) is 2.01. The molecule has 60 valence electrons. The van der Waals surface area contributed by atoms with Gasteiger partial charge in [-0.05, 0) is 50.6 Å².